The summed E-state index contributed by atoms with van der Waals surface area (Å²) in [6.45, 7) is 4.99. The van der Waals surface area contributed by atoms with Crippen LogP contribution < -0.4 is 20.1 Å². The monoisotopic (exact) mass is 382 g/mol. The number of rotatable bonds is 9. The molecule has 0 unspecified atom stereocenters. The summed E-state index contributed by atoms with van der Waals surface area (Å²) in [5.74, 6) is 0.851. The van der Waals surface area contributed by atoms with Crippen molar-refractivity contribution in [2.75, 3.05) is 18.5 Å². The third-order valence-corrected chi connectivity index (χ3v) is 4.28. The standard InChI is InChI=1S/C22H26N2O4/c1-3-13-28-19-12-7-16(14-20(19)27-4-2)22(26)24-17-8-5-15(6-9-17)21(25)23-18-10-11-18/h5-9,12,14,18H,3-4,10-11,13H2,1-2H3,(H,23,25)(H,24,26). The molecule has 28 heavy (non-hydrogen) atoms. The maximum atomic E-state index is 12.6. The van der Waals surface area contributed by atoms with Gasteiger partial charge in [0.1, 0.15) is 0 Å². The Labute approximate surface area is 165 Å². The van der Waals surface area contributed by atoms with E-state index in [1.807, 2.05) is 13.8 Å². The van der Waals surface area contributed by atoms with Crippen LogP contribution in [0.15, 0.2) is 42.5 Å². The molecule has 0 aromatic heterocycles. The first-order chi connectivity index (χ1) is 13.6. The van der Waals surface area contributed by atoms with E-state index >= 15 is 0 Å². The molecule has 1 fully saturated rings. The molecular formula is C22H26N2O4. The van der Waals surface area contributed by atoms with E-state index in [0.29, 0.717) is 47.6 Å². The van der Waals surface area contributed by atoms with Gasteiger partial charge in [0.15, 0.2) is 11.5 Å². The quantitative estimate of drug-likeness (QED) is 0.687. The summed E-state index contributed by atoms with van der Waals surface area (Å²) >= 11 is 0. The largest absolute Gasteiger partial charge is 0.490 e. The van der Waals surface area contributed by atoms with E-state index in [1.165, 1.54) is 0 Å². The Hall–Kier alpha value is -3.02. The van der Waals surface area contributed by atoms with Gasteiger partial charge in [-0.2, -0.15) is 0 Å². The molecule has 0 saturated heterocycles. The van der Waals surface area contributed by atoms with Crippen LogP contribution in [0.1, 0.15) is 53.8 Å². The van der Waals surface area contributed by atoms with Crippen molar-refractivity contribution in [2.45, 2.75) is 39.2 Å². The molecule has 2 aromatic carbocycles. The molecule has 2 N–H and O–H groups in total. The summed E-state index contributed by atoms with van der Waals surface area (Å²) in [6, 6.07) is 12.3. The smallest absolute Gasteiger partial charge is 0.255 e. The van der Waals surface area contributed by atoms with Crippen LogP contribution in [-0.4, -0.2) is 31.1 Å². The van der Waals surface area contributed by atoms with Crippen molar-refractivity contribution in [3.05, 3.63) is 53.6 Å². The molecule has 0 radical (unpaired) electrons. The summed E-state index contributed by atoms with van der Waals surface area (Å²) < 4.78 is 11.3. The SMILES string of the molecule is CCCOc1ccc(C(=O)Nc2ccc(C(=O)NC3CC3)cc2)cc1OCC. The van der Waals surface area contributed by atoms with Crippen molar-refractivity contribution in [3.8, 4) is 11.5 Å². The number of hydrogen-bond acceptors (Lipinski definition) is 4. The van der Waals surface area contributed by atoms with Gasteiger partial charge < -0.3 is 20.1 Å². The highest BCUT2D eigenvalue weighted by atomic mass is 16.5. The number of amides is 2. The van der Waals surface area contributed by atoms with Crippen LogP contribution in [0.4, 0.5) is 5.69 Å². The molecular weight excluding hydrogens is 356 g/mol. The average molecular weight is 382 g/mol. The molecule has 0 bridgehead atoms. The molecule has 1 aliphatic carbocycles. The third-order valence-electron chi connectivity index (χ3n) is 4.28. The maximum Gasteiger partial charge on any atom is 0.255 e. The van der Waals surface area contributed by atoms with Crippen LogP contribution >= 0.6 is 0 Å². The van der Waals surface area contributed by atoms with Crippen LogP contribution in [-0.2, 0) is 0 Å². The zero-order valence-electron chi connectivity index (χ0n) is 16.3. The lowest BCUT2D eigenvalue weighted by molar-refractivity contribution is 0.0950. The van der Waals surface area contributed by atoms with Gasteiger partial charge >= 0.3 is 0 Å². The van der Waals surface area contributed by atoms with E-state index in [4.69, 9.17) is 9.47 Å². The zero-order valence-corrected chi connectivity index (χ0v) is 16.3. The normalized spacial score (nSPS) is 12.9. The van der Waals surface area contributed by atoms with E-state index < -0.39 is 0 Å². The molecule has 148 valence electrons. The predicted molar refractivity (Wildman–Crippen MR) is 108 cm³/mol. The minimum Gasteiger partial charge on any atom is -0.490 e. The highest BCUT2D eigenvalue weighted by Crippen LogP contribution is 2.29. The van der Waals surface area contributed by atoms with Crippen LogP contribution in [0, 0.1) is 0 Å². The third kappa shape index (κ3) is 5.25. The van der Waals surface area contributed by atoms with Crippen LogP contribution in [0.5, 0.6) is 11.5 Å². The Balaban J connectivity index is 1.66. The Bertz CT molecular complexity index is 829. The van der Waals surface area contributed by atoms with Gasteiger partial charge in [0.2, 0.25) is 0 Å². The van der Waals surface area contributed by atoms with Gasteiger partial charge in [-0.05, 0) is 68.7 Å². The second kappa shape index (κ2) is 9.26. The number of anilines is 1. The fourth-order valence-corrected chi connectivity index (χ4v) is 2.65. The zero-order chi connectivity index (χ0) is 19.9. The molecule has 1 aliphatic rings. The van der Waals surface area contributed by atoms with Gasteiger partial charge in [0.05, 0.1) is 13.2 Å². The number of nitrogens with one attached hydrogen (secondary N) is 2. The van der Waals surface area contributed by atoms with Crippen molar-refractivity contribution < 1.29 is 19.1 Å². The average Bonchev–Trinajstić information content (AvgIpc) is 3.51. The van der Waals surface area contributed by atoms with Crippen molar-refractivity contribution in [1.82, 2.24) is 5.32 Å². The van der Waals surface area contributed by atoms with E-state index in [-0.39, 0.29) is 11.8 Å². The van der Waals surface area contributed by atoms with Gasteiger partial charge in [-0.25, -0.2) is 0 Å². The van der Waals surface area contributed by atoms with E-state index in [9.17, 15) is 9.59 Å². The summed E-state index contributed by atoms with van der Waals surface area (Å²) in [7, 11) is 0. The number of carbonyl (C=O) groups is 2. The van der Waals surface area contributed by atoms with Gasteiger partial charge in [0, 0.05) is 22.9 Å². The second-order valence-corrected chi connectivity index (χ2v) is 6.72. The molecule has 0 spiro atoms. The highest BCUT2D eigenvalue weighted by molar-refractivity contribution is 6.05. The number of benzene rings is 2. The minimum absolute atomic E-state index is 0.0793. The first-order valence-corrected chi connectivity index (χ1v) is 9.72. The van der Waals surface area contributed by atoms with E-state index in [2.05, 4.69) is 10.6 Å². The van der Waals surface area contributed by atoms with Crippen LogP contribution in [0.2, 0.25) is 0 Å². The number of carbonyl (C=O) groups excluding carboxylic acids is 2. The van der Waals surface area contributed by atoms with E-state index in [1.54, 1.807) is 42.5 Å². The van der Waals surface area contributed by atoms with Gasteiger partial charge in [-0.1, -0.05) is 6.92 Å². The second-order valence-electron chi connectivity index (χ2n) is 6.72. The number of hydrogen-bond donors (Lipinski definition) is 2. The van der Waals surface area contributed by atoms with Crippen molar-refractivity contribution in [2.24, 2.45) is 0 Å². The van der Waals surface area contributed by atoms with Crippen LogP contribution in [0.3, 0.4) is 0 Å². The lowest BCUT2D eigenvalue weighted by Gasteiger charge is -2.13. The predicted octanol–water partition coefficient (Wildman–Crippen LogP) is 4.02. The summed E-state index contributed by atoms with van der Waals surface area (Å²) in [5.41, 5.74) is 1.68. The van der Waals surface area contributed by atoms with Crippen molar-refractivity contribution >= 4 is 17.5 Å². The fourth-order valence-electron chi connectivity index (χ4n) is 2.65. The first-order valence-electron chi connectivity index (χ1n) is 9.72. The van der Waals surface area contributed by atoms with Crippen molar-refractivity contribution in [1.29, 1.82) is 0 Å². The lowest BCUT2D eigenvalue weighted by atomic mass is 10.1. The molecule has 3 rings (SSSR count). The van der Waals surface area contributed by atoms with Gasteiger partial charge in [-0.3, -0.25) is 9.59 Å². The highest BCUT2D eigenvalue weighted by Gasteiger charge is 2.23. The Morgan fingerprint density at radius 3 is 2.29 bits per heavy atom. The molecule has 0 heterocycles. The van der Waals surface area contributed by atoms with Crippen LogP contribution in [0.25, 0.3) is 0 Å². The summed E-state index contributed by atoms with van der Waals surface area (Å²) in [6.07, 6.45) is 2.99. The van der Waals surface area contributed by atoms with Crippen molar-refractivity contribution in [3.63, 3.8) is 0 Å². The molecule has 2 amide bonds. The van der Waals surface area contributed by atoms with E-state index in [0.717, 1.165) is 19.3 Å². The Morgan fingerprint density at radius 1 is 0.929 bits per heavy atom. The molecule has 6 heteroatoms. The fraction of sp³-hybridized carbons (Fsp3) is 0.364. The summed E-state index contributed by atoms with van der Waals surface area (Å²) in [4.78, 5) is 24.6. The molecule has 0 aliphatic heterocycles. The Kier molecular flexibility index (Phi) is 6.53. The molecule has 6 nitrogen and oxygen atoms in total. The molecule has 2 aromatic rings. The molecule has 1 saturated carbocycles. The van der Waals surface area contributed by atoms with Gasteiger partial charge in [0.25, 0.3) is 11.8 Å². The summed E-state index contributed by atoms with van der Waals surface area (Å²) in [5, 5.41) is 5.78. The van der Waals surface area contributed by atoms with Gasteiger partial charge in [-0.15, -0.1) is 0 Å². The molecule has 0 atom stereocenters. The lowest BCUT2D eigenvalue weighted by Crippen LogP contribution is -2.25. The Morgan fingerprint density at radius 2 is 1.64 bits per heavy atom. The minimum atomic E-state index is -0.252. The maximum absolute atomic E-state index is 12.6. The topological polar surface area (TPSA) is 76.7 Å². The number of ether oxygens (including phenoxy) is 2. The first kappa shape index (κ1) is 19.7.